The number of rotatable bonds is 5. The van der Waals surface area contributed by atoms with Crippen LogP contribution in [0.3, 0.4) is 0 Å². The number of hydrogen-bond acceptors (Lipinski definition) is 9. The van der Waals surface area contributed by atoms with Crippen molar-refractivity contribution in [2.45, 2.75) is 19.3 Å². The van der Waals surface area contributed by atoms with Crippen LogP contribution in [0.1, 0.15) is 49.4 Å². The number of hydrogen-bond donors (Lipinski definition) is 2. The van der Waals surface area contributed by atoms with E-state index in [0.29, 0.717) is 0 Å². The molecule has 0 bridgehead atoms. The van der Waals surface area contributed by atoms with E-state index < -0.39 is 93.5 Å². The minimum Gasteiger partial charge on any atom is -0.507 e. The maximum atomic E-state index is 13.7. The van der Waals surface area contributed by atoms with Crippen LogP contribution in [0.2, 0.25) is 0 Å². The Morgan fingerprint density at radius 3 is 2.10 bits per heavy atom. The zero-order chi connectivity index (χ0) is 30.6. The third kappa shape index (κ3) is 4.30. The lowest BCUT2D eigenvalue weighted by atomic mass is 9.75. The predicted octanol–water partition coefficient (Wildman–Crippen LogP) is 4.47. The fourth-order valence-corrected chi connectivity index (χ4v) is 5.12. The molecule has 2 N–H and O–H groups in total. The molecule has 0 saturated heterocycles. The van der Waals surface area contributed by atoms with Gasteiger partial charge < -0.3 is 24.4 Å². The Morgan fingerprint density at radius 1 is 0.857 bits per heavy atom. The van der Waals surface area contributed by atoms with Crippen molar-refractivity contribution >= 4 is 23.5 Å². The van der Waals surface area contributed by atoms with Gasteiger partial charge in [0.15, 0.2) is 18.2 Å². The first-order valence-corrected chi connectivity index (χ1v) is 12.1. The van der Waals surface area contributed by atoms with Gasteiger partial charge in [0.2, 0.25) is 40.6 Å². The first-order chi connectivity index (χ1) is 19.9. The molecule has 0 aromatic heterocycles. The summed E-state index contributed by atoms with van der Waals surface area (Å²) in [6.45, 7) is -1.05. The van der Waals surface area contributed by atoms with Crippen LogP contribution in [-0.2, 0) is 22.4 Å². The number of carbonyl (C=O) groups is 4. The third-order valence-corrected chi connectivity index (χ3v) is 7.17. The average Bonchev–Trinajstić information content (AvgIpc) is 2.99. The van der Waals surface area contributed by atoms with E-state index in [1.165, 1.54) is 25.3 Å². The van der Waals surface area contributed by atoms with E-state index in [2.05, 4.69) is 9.47 Å². The molecule has 0 amide bonds. The molecule has 0 heterocycles. The van der Waals surface area contributed by atoms with Crippen molar-refractivity contribution in [2.75, 3.05) is 13.7 Å². The predicted molar refractivity (Wildman–Crippen MR) is 128 cm³/mol. The zero-order valence-corrected chi connectivity index (χ0v) is 21.3. The Hall–Kier alpha value is -5.01. The van der Waals surface area contributed by atoms with E-state index in [0.717, 1.165) is 0 Å². The van der Waals surface area contributed by atoms with Crippen molar-refractivity contribution < 1.29 is 65.6 Å². The van der Waals surface area contributed by atoms with Crippen LogP contribution in [0.15, 0.2) is 18.2 Å². The highest BCUT2D eigenvalue weighted by Crippen LogP contribution is 2.47. The lowest BCUT2D eigenvalue weighted by molar-refractivity contribution is -0.126. The molecule has 42 heavy (non-hydrogen) atoms. The second-order valence-electron chi connectivity index (χ2n) is 9.39. The minimum atomic E-state index is -2.47. The van der Waals surface area contributed by atoms with Gasteiger partial charge in [-0.05, 0) is 25.3 Å². The molecule has 3 aromatic rings. The number of fused-ring (bicyclic) bond motifs is 3. The Bertz CT molecular complexity index is 1700. The molecular weight excluding hydrogens is 575 g/mol. The fourth-order valence-electron chi connectivity index (χ4n) is 5.12. The number of ketones is 3. The fraction of sp³-hybridized carbons (Fsp3) is 0.214. The smallest absolute Gasteiger partial charge is 0.507 e. The molecule has 218 valence electrons. The summed E-state index contributed by atoms with van der Waals surface area (Å²) in [5.41, 5.74) is -0.865. The van der Waals surface area contributed by atoms with Gasteiger partial charge in [-0.2, -0.15) is 8.78 Å². The third-order valence-electron chi connectivity index (χ3n) is 7.17. The summed E-state index contributed by atoms with van der Waals surface area (Å²) in [4.78, 5) is 51.2. The Balaban J connectivity index is 1.35. The standard InChI is InChI=1S/C28H17F5O9/c1-40-14-4-2-3-11-15(14)26(38)17-16(24(11)36)25(37)12-7-9(5-6-10(12)23(17)35)13(34)8-41-28(39)42-27-21(32)19(30)18(29)20(31)22(27)33/h2-4,9,35,37H,5-8H2,1H3/t9-/m0/s1. The molecule has 0 unspecified atom stereocenters. The van der Waals surface area contributed by atoms with Gasteiger partial charge in [-0.25, -0.2) is 18.0 Å². The highest BCUT2D eigenvalue weighted by molar-refractivity contribution is 6.31. The molecule has 3 aromatic carbocycles. The van der Waals surface area contributed by atoms with E-state index in [9.17, 15) is 51.3 Å². The van der Waals surface area contributed by atoms with Crippen molar-refractivity contribution in [2.24, 2.45) is 5.92 Å². The number of benzene rings is 3. The first-order valence-electron chi connectivity index (χ1n) is 12.1. The van der Waals surface area contributed by atoms with E-state index in [1.54, 1.807) is 0 Å². The first kappa shape index (κ1) is 28.5. The maximum absolute atomic E-state index is 13.7. The molecular formula is C28H17F5O9. The summed E-state index contributed by atoms with van der Waals surface area (Å²) in [5, 5.41) is 22.0. The Morgan fingerprint density at radius 2 is 1.45 bits per heavy atom. The van der Waals surface area contributed by atoms with Crippen LogP contribution in [0.5, 0.6) is 23.0 Å². The lowest BCUT2D eigenvalue weighted by Gasteiger charge is -2.29. The zero-order valence-electron chi connectivity index (χ0n) is 21.3. The molecule has 0 saturated carbocycles. The number of ether oxygens (including phenoxy) is 3. The number of methoxy groups -OCH3 is 1. The number of aromatic hydroxyl groups is 2. The van der Waals surface area contributed by atoms with Crippen LogP contribution in [0, 0.1) is 35.0 Å². The Labute approximate surface area is 232 Å². The maximum Gasteiger partial charge on any atom is 0.514 e. The van der Waals surface area contributed by atoms with Gasteiger partial charge in [-0.15, -0.1) is 0 Å². The largest absolute Gasteiger partial charge is 0.514 e. The summed E-state index contributed by atoms with van der Waals surface area (Å²) in [6, 6.07) is 4.28. The van der Waals surface area contributed by atoms with Gasteiger partial charge in [-0.1, -0.05) is 12.1 Å². The summed E-state index contributed by atoms with van der Waals surface area (Å²) in [6.07, 6.45) is -2.22. The van der Waals surface area contributed by atoms with Crippen molar-refractivity contribution in [1.29, 1.82) is 0 Å². The summed E-state index contributed by atoms with van der Waals surface area (Å²) in [7, 11) is 1.30. The highest BCUT2D eigenvalue weighted by atomic mass is 19.2. The second-order valence-corrected chi connectivity index (χ2v) is 9.39. The molecule has 2 aliphatic rings. The summed E-state index contributed by atoms with van der Waals surface area (Å²) >= 11 is 0. The van der Waals surface area contributed by atoms with Crippen LogP contribution < -0.4 is 9.47 Å². The molecule has 0 fully saturated rings. The molecule has 1 atom stereocenters. The number of carbonyl (C=O) groups excluding carboxylic acids is 4. The van der Waals surface area contributed by atoms with Crippen molar-refractivity contribution in [3.63, 3.8) is 0 Å². The highest BCUT2D eigenvalue weighted by Gasteiger charge is 2.41. The number of halogens is 5. The van der Waals surface area contributed by atoms with E-state index in [4.69, 9.17) is 4.74 Å². The van der Waals surface area contributed by atoms with Crippen LogP contribution >= 0.6 is 0 Å². The molecule has 5 rings (SSSR count). The van der Waals surface area contributed by atoms with E-state index in [1.807, 2.05) is 0 Å². The van der Waals surface area contributed by atoms with Crippen molar-refractivity contribution in [3.8, 4) is 23.0 Å². The SMILES string of the molecule is COc1cccc2c1C(=O)c1c(O)c3c(c(O)c1C2=O)C[C@@H](C(=O)COC(=O)Oc1c(F)c(F)c(F)c(F)c1F)CC3. The normalized spacial score (nSPS) is 15.4. The quantitative estimate of drug-likeness (QED) is 0.0859. The van der Waals surface area contributed by atoms with Gasteiger partial charge in [0, 0.05) is 22.6 Å². The van der Waals surface area contributed by atoms with Gasteiger partial charge in [0.25, 0.3) is 0 Å². The molecule has 0 aliphatic heterocycles. The number of Topliss-reactive ketones (excluding diaryl/α,β-unsaturated/α-hetero) is 1. The average molecular weight is 592 g/mol. The molecule has 0 radical (unpaired) electrons. The van der Waals surface area contributed by atoms with Crippen LogP contribution in [-0.4, -0.2) is 47.4 Å². The Kier molecular flexibility index (Phi) is 7.08. The van der Waals surface area contributed by atoms with E-state index >= 15 is 0 Å². The van der Waals surface area contributed by atoms with E-state index in [-0.39, 0.29) is 47.3 Å². The van der Waals surface area contributed by atoms with Gasteiger partial charge in [-0.3, -0.25) is 14.4 Å². The van der Waals surface area contributed by atoms with Gasteiger partial charge in [0.05, 0.1) is 23.8 Å². The molecule has 9 nitrogen and oxygen atoms in total. The van der Waals surface area contributed by atoms with Gasteiger partial charge >= 0.3 is 6.16 Å². The molecule has 14 heteroatoms. The summed E-state index contributed by atoms with van der Waals surface area (Å²) in [5.74, 6) is -18.3. The topological polar surface area (TPSA) is 136 Å². The van der Waals surface area contributed by atoms with Crippen LogP contribution in [0.4, 0.5) is 26.7 Å². The minimum absolute atomic E-state index is 0.00678. The van der Waals surface area contributed by atoms with Gasteiger partial charge in [0.1, 0.15) is 17.2 Å². The molecule has 2 aliphatic carbocycles. The van der Waals surface area contributed by atoms with Crippen molar-refractivity contribution in [3.05, 3.63) is 80.7 Å². The lowest BCUT2D eigenvalue weighted by Crippen LogP contribution is -2.29. The van der Waals surface area contributed by atoms with Crippen LogP contribution in [0.25, 0.3) is 0 Å². The monoisotopic (exact) mass is 592 g/mol. The number of phenolic OH excluding ortho intramolecular Hbond substituents is 2. The van der Waals surface area contributed by atoms with Crippen molar-refractivity contribution in [1.82, 2.24) is 0 Å². The summed E-state index contributed by atoms with van der Waals surface area (Å²) < 4.78 is 81.1. The second kappa shape index (κ2) is 10.4. The number of phenols is 2. The molecule has 0 spiro atoms.